The Balaban J connectivity index is 0.000000388. The molecule has 4 rings (SSSR count). The number of carbonyl (C=O) groups excluding carboxylic acids is 1. The van der Waals surface area contributed by atoms with Gasteiger partial charge in [0, 0.05) is 64.2 Å². The van der Waals surface area contributed by atoms with Crippen LogP contribution in [0, 0.1) is 27.3 Å². The molecular formula is C27H36N3OY+. The van der Waals surface area contributed by atoms with Crippen molar-refractivity contribution in [2.75, 3.05) is 31.1 Å². The average molecular weight is 508 g/mol. The van der Waals surface area contributed by atoms with Gasteiger partial charge in [-0.1, -0.05) is 48.0 Å². The van der Waals surface area contributed by atoms with Gasteiger partial charge in [-0.2, -0.15) is 0 Å². The van der Waals surface area contributed by atoms with Crippen LogP contribution in [0.15, 0.2) is 42.5 Å². The number of rotatable bonds is 3. The Labute approximate surface area is 219 Å². The fraction of sp³-hybridized carbons (Fsp3) is 0.481. The SMILES string of the molecule is Cc1ccccc1.[C-]#[N+]c1cc(C)c(N2CCCC([N+]3(CC)CCCC3)C2=O)c(C)c1.[Y]. The van der Waals surface area contributed by atoms with Gasteiger partial charge in [0.25, 0.3) is 5.91 Å². The van der Waals surface area contributed by atoms with E-state index in [0.717, 1.165) is 60.3 Å². The summed E-state index contributed by atoms with van der Waals surface area (Å²) in [6.07, 6.45) is 4.58. The molecule has 2 fully saturated rings. The smallest absolute Gasteiger partial charge is 0.285 e. The standard InChI is InChI=1S/C20H28N3O.C7H8.Y/c1-5-23(11-6-7-12-23)18-9-8-10-22(20(18)24)19-15(2)13-17(21-4)14-16(19)3;1-7-5-3-2-4-6-7;/h13-14,18H,5-12H2,1-3H3;2-6H,1H3;/q+1;;. The second kappa shape index (κ2) is 12.1. The molecule has 32 heavy (non-hydrogen) atoms. The van der Waals surface area contributed by atoms with Crippen LogP contribution in [0.25, 0.3) is 4.85 Å². The van der Waals surface area contributed by atoms with Gasteiger partial charge in [0.15, 0.2) is 11.7 Å². The third-order valence-corrected chi connectivity index (χ3v) is 6.97. The van der Waals surface area contributed by atoms with E-state index < -0.39 is 0 Å². The first-order chi connectivity index (χ1) is 14.9. The van der Waals surface area contributed by atoms with Gasteiger partial charge in [-0.05, 0) is 45.2 Å². The molecule has 0 bridgehead atoms. The largest absolute Gasteiger partial charge is 0.314 e. The molecule has 2 aliphatic rings. The number of carbonyl (C=O) groups is 1. The number of anilines is 1. The van der Waals surface area contributed by atoms with Crippen LogP contribution in [0.4, 0.5) is 11.4 Å². The summed E-state index contributed by atoms with van der Waals surface area (Å²) < 4.78 is 0.980. The van der Waals surface area contributed by atoms with Crippen molar-refractivity contribution in [3.63, 3.8) is 0 Å². The van der Waals surface area contributed by atoms with Crippen LogP contribution in [0.3, 0.4) is 0 Å². The minimum Gasteiger partial charge on any atom is -0.314 e. The molecule has 167 valence electrons. The van der Waals surface area contributed by atoms with E-state index in [-0.39, 0.29) is 38.8 Å². The summed E-state index contributed by atoms with van der Waals surface area (Å²) in [5.74, 6) is 0.298. The van der Waals surface area contributed by atoms with E-state index in [2.05, 4.69) is 30.8 Å². The normalized spacial score (nSPS) is 19.4. The van der Waals surface area contributed by atoms with Gasteiger partial charge in [-0.25, -0.2) is 4.85 Å². The fourth-order valence-corrected chi connectivity index (χ4v) is 5.36. The number of quaternary nitrogens is 1. The van der Waals surface area contributed by atoms with Gasteiger partial charge in [-0.3, -0.25) is 4.79 Å². The molecule has 1 atom stereocenters. The van der Waals surface area contributed by atoms with E-state index in [4.69, 9.17) is 6.57 Å². The summed E-state index contributed by atoms with van der Waals surface area (Å²) in [5, 5.41) is 0. The van der Waals surface area contributed by atoms with Crippen molar-refractivity contribution in [3.8, 4) is 0 Å². The number of hydrogen-bond acceptors (Lipinski definition) is 1. The van der Waals surface area contributed by atoms with Crippen LogP contribution in [0.1, 0.15) is 49.3 Å². The maximum absolute atomic E-state index is 13.4. The number of likely N-dealkylation sites (N-methyl/N-ethyl adjacent to an activating group) is 1. The number of likely N-dealkylation sites (tertiary alicyclic amines) is 1. The summed E-state index contributed by atoms with van der Waals surface area (Å²) in [7, 11) is 0. The van der Waals surface area contributed by atoms with Crippen LogP contribution < -0.4 is 4.90 Å². The molecular weight excluding hydrogens is 471 g/mol. The Morgan fingerprint density at radius 3 is 2.09 bits per heavy atom. The minimum absolute atomic E-state index is 0. The van der Waals surface area contributed by atoms with E-state index in [9.17, 15) is 4.79 Å². The van der Waals surface area contributed by atoms with Crippen molar-refractivity contribution in [1.82, 2.24) is 0 Å². The number of aryl methyl sites for hydroxylation is 3. The van der Waals surface area contributed by atoms with Crippen molar-refractivity contribution >= 4 is 17.3 Å². The molecule has 1 radical (unpaired) electrons. The van der Waals surface area contributed by atoms with Gasteiger partial charge in [0.1, 0.15) is 0 Å². The van der Waals surface area contributed by atoms with E-state index in [1.807, 2.05) is 49.1 Å². The molecule has 0 aromatic heterocycles. The number of benzene rings is 2. The maximum Gasteiger partial charge on any atom is 0.285 e. The number of nitrogens with zero attached hydrogens (tertiary/aromatic N) is 3. The van der Waals surface area contributed by atoms with Crippen LogP contribution in [-0.2, 0) is 37.5 Å². The summed E-state index contributed by atoms with van der Waals surface area (Å²) in [5.41, 5.74) is 5.10. The molecule has 2 saturated heterocycles. The van der Waals surface area contributed by atoms with Crippen LogP contribution >= 0.6 is 0 Å². The maximum atomic E-state index is 13.4. The topological polar surface area (TPSA) is 24.7 Å². The minimum atomic E-state index is 0. The van der Waals surface area contributed by atoms with Gasteiger partial charge in [-0.15, -0.1) is 0 Å². The molecule has 1 unspecified atom stereocenters. The Bertz CT molecular complexity index is 922. The quantitative estimate of drug-likeness (QED) is 0.371. The Morgan fingerprint density at radius 1 is 1.03 bits per heavy atom. The van der Waals surface area contributed by atoms with Crippen LogP contribution in [0.5, 0.6) is 0 Å². The van der Waals surface area contributed by atoms with E-state index in [0.29, 0.717) is 11.6 Å². The second-order valence-electron chi connectivity index (χ2n) is 9.03. The first kappa shape index (κ1) is 26.7. The van der Waals surface area contributed by atoms with E-state index in [1.165, 1.54) is 18.4 Å². The monoisotopic (exact) mass is 507 g/mol. The van der Waals surface area contributed by atoms with Gasteiger partial charge in [0.2, 0.25) is 0 Å². The first-order valence-corrected chi connectivity index (χ1v) is 11.6. The van der Waals surface area contributed by atoms with E-state index in [1.54, 1.807) is 0 Å². The predicted molar refractivity (Wildman–Crippen MR) is 129 cm³/mol. The van der Waals surface area contributed by atoms with Crippen molar-refractivity contribution in [2.45, 2.75) is 59.4 Å². The molecule has 2 heterocycles. The molecule has 0 N–H and O–H groups in total. The summed E-state index contributed by atoms with van der Waals surface area (Å²) in [6, 6.07) is 14.2. The zero-order chi connectivity index (χ0) is 22.4. The zero-order valence-corrected chi connectivity index (χ0v) is 22.9. The Hall–Kier alpha value is -1.54. The van der Waals surface area contributed by atoms with Gasteiger partial charge < -0.3 is 9.38 Å². The summed E-state index contributed by atoms with van der Waals surface area (Å²) in [6.45, 7) is 19.7. The zero-order valence-electron chi connectivity index (χ0n) is 20.1. The van der Waals surface area contributed by atoms with Crippen LogP contribution in [-0.4, -0.2) is 42.6 Å². The van der Waals surface area contributed by atoms with Gasteiger partial charge >= 0.3 is 0 Å². The van der Waals surface area contributed by atoms with Crippen molar-refractivity contribution in [1.29, 1.82) is 0 Å². The van der Waals surface area contributed by atoms with Crippen molar-refractivity contribution in [3.05, 3.63) is 70.6 Å². The number of piperidine rings is 1. The molecule has 0 aliphatic carbocycles. The molecule has 2 aromatic carbocycles. The molecule has 5 heteroatoms. The van der Waals surface area contributed by atoms with Gasteiger partial charge in [0.05, 0.1) is 26.2 Å². The van der Waals surface area contributed by atoms with Crippen LogP contribution in [0.2, 0.25) is 0 Å². The average Bonchev–Trinajstić information content (AvgIpc) is 3.25. The third-order valence-electron chi connectivity index (χ3n) is 6.97. The number of hydrogen-bond donors (Lipinski definition) is 0. The third kappa shape index (κ3) is 5.87. The first-order valence-electron chi connectivity index (χ1n) is 11.6. The summed E-state index contributed by atoms with van der Waals surface area (Å²) in [4.78, 5) is 18.9. The van der Waals surface area contributed by atoms with Crippen molar-refractivity contribution < 1.29 is 42.0 Å². The molecule has 2 aliphatic heterocycles. The second-order valence-corrected chi connectivity index (χ2v) is 9.03. The Kier molecular flexibility index (Phi) is 10.1. The summed E-state index contributed by atoms with van der Waals surface area (Å²) >= 11 is 0. The van der Waals surface area contributed by atoms with Crippen molar-refractivity contribution in [2.24, 2.45) is 0 Å². The molecule has 2 aromatic rings. The number of amides is 1. The predicted octanol–water partition coefficient (Wildman–Crippen LogP) is 5.97. The molecule has 4 nitrogen and oxygen atoms in total. The van der Waals surface area contributed by atoms with E-state index >= 15 is 0 Å². The molecule has 0 saturated carbocycles. The fourth-order valence-electron chi connectivity index (χ4n) is 5.36. The molecule has 0 spiro atoms. The Morgan fingerprint density at radius 2 is 1.62 bits per heavy atom. The molecule has 1 amide bonds.